The fraction of sp³-hybridized carbons (Fsp3) is 0.308. The van der Waals surface area contributed by atoms with Crippen LogP contribution in [0, 0.1) is 6.92 Å². The van der Waals surface area contributed by atoms with Crippen molar-refractivity contribution < 1.29 is 9.59 Å². The third-order valence-electron chi connectivity index (χ3n) is 6.25. The molecule has 0 N–H and O–H groups in total. The number of amides is 2. The van der Waals surface area contributed by atoms with Crippen LogP contribution < -0.4 is 0 Å². The van der Waals surface area contributed by atoms with E-state index in [1.807, 2.05) is 54.3 Å². The van der Waals surface area contributed by atoms with Gasteiger partial charge in [0.15, 0.2) is 0 Å². The molecule has 4 nitrogen and oxygen atoms in total. The summed E-state index contributed by atoms with van der Waals surface area (Å²) >= 11 is 1.77. The van der Waals surface area contributed by atoms with Crippen LogP contribution in [-0.4, -0.2) is 40.7 Å². The van der Waals surface area contributed by atoms with E-state index < -0.39 is 0 Å². The molecule has 1 atom stereocenters. The Bertz CT molecular complexity index is 1090. The number of carbonyl (C=O) groups excluding carboxylic acids is 2. The van der Waals surface area contributed by atoms with Crippen molar-refractivity contribution in [2.45, 2.75) is 38.3 Å². The molecule has 1 saturated carbocycles. The van der Waals surface area contributed by atoms with Crippen LogP contribution in [0.2, 0.25) is 0 Å². The topological polar surface area (TPSA) is 40.6 Å². The van der Waals surface area contributed by atoms with Gasteiger partial charge in [0.2, 0.25) is 5.91 Å². The van der Waals surface area contributed by atoms with E-state index in [-0.39, 0.29) is 30.4 Å². The zero-order valence-electron chi connectivity index (χ0n) is 17.7. The van der Waals surface area contributed by atoms with Crippen molar-refractivity contribution in [2.24, 2.45) is 0 Å². The van der Waals surface area contributed by atoms with Crippen molar-refractivity contribution >= 4 is 23.2 Å². The van der Waals surface area contributed by atoms with E-state index in [0.29, 0.717) is 12.1 Å². The molecule has 2 amide bonds. The van der Waals surface area contributed by atoms with Crippen molar-refractivity contribution in [1.82, 2.24) is 9.80 Å². The van der Waals surface area contributed by atoms with Crippen molar-refractivity contribution in [3.8, 4) is 0 Å². The lowest BCUT2D eigenvalue weighted by Crippen LogP contribution is -2.47. The van der Waals surface area contributed by atoms with Crippen LogP contribution in [0.25, 0.3) is 0 Å². The van der Waals surface area contributed by atoms with Crippen LogP contribution in [0.4, 0.5) is 0 Å². The van der Waals surface area contributed by atoms with Crippen LogP contribution in [-0.2, 0) is 11.2 Å². The van der Waals surface area contributed by atoms with E-state index in [1.54, 1.807) is 16.2 Å². The molecule has 0 radical (unpaired) electrons. The number of fused-ring (bicyclic) bond motifs is 1. The number of rotatable bonds is 5. The highest BCUT2D eigenvalue weighted by molar-refractivity contribution is 7.10. The summed E-state index contributed by atoms with van der Waals surface area (Å²) in [5.41, 5.74) is 4.12. The van der Waals surface area contributed by atoms with Gasteiger partial charge in [-0.3, -0.25) is 9.59 Å². The summed E-state index contributed by atoms with van der Waals surface area (Å²) in [7, 11) is 0. The molecule has 5 rings (SSSR count). The zero-order chi connectivity index (χ0) is 21.4. The molecule has 1 fully saturated rings. The molecule has 1 aliphatic carbocycles. The summed E-state index contributed by atoms with van der Waals surface area (Å²) in [5.74, 6) is -0.0154. The molecule has 2 aliphatic rings. The maximum Gasteiger partial charge on any atom is 0.254 e. The number of hydrogen-bond acceptors (Lipinski definition) is 3. The molecule has 1 aliphatic heterocycles. The molecule has 5 heteroatoms. The SMILES string of the molecule is Cc1ccc(C(=O)N(CC(=O)N2CCc3sccc3C2c2ccccc2)C2CC2)cc1. The van der Waals surface area contributed by atoms with Gasteiger partial charge in [-0.05, 0) is 60.9 Å². The Balaban J connectivity index is 1.41. The highest BCUT2D eigenvalue weighted by atomic mass is 32.1. The fourth-order valence-electron chi connectivity index (χ4n) is 4.43. The molecule has 2 aromatic carbocycles. The number of benzene rings is 2. The second kappa shape index (κ2) is 8.31. The molecule has 31 heavy (non-hydrogen) atoms. The van der Waals surface area contributed by atoms with Crippen LogP contribution in [0.1, 0.15) is 50.8 Å². The third kappa shape index (κ3) is 4.02. The second-order valence-electron chi connectivity index (χ2n) is 8.48. The van der Waals surface area contributed by atoms with E-state index in [2.05, 4.69) is 23.6 Å². The molecule has 1 aromatic heterocycles. The van der Waals surface area contributed by atoms with E-state index in [9.17, 15) is 9.59 Å². The van der Waals surface area contributed by atoms with Crippen molar-refractivity contribution in [2.75, 3.05) is 13.1 Å². The zero-order valence-corrected chi connectivity index (χ0v) is 18.5. The van der Waals surface area contributed by atoms with Gasteiger partial charge in [0, 0.05) is 23.0 Å². The van der Waals surface area contributed by atoms with Crippen molar-refractivity contribution in [3.05, 3.63) is 93.2 Å². The number of hydrogen-bond donors (Lipinski definition) is 0. The van der Waals surface area contributed by atoms with Gasteiger partial charge < -0.3 is 9.80 Å². The summed E-state index contributed by atoms with van der Waals surface area (Å²) in [4.78, 5) is 31.9. The van der Waals surface area contributed by atoms with Gasteiger partial charge in [0.25, 0.3) is 5.91 Å². The van der Waals surface area contributed by atoms with Gasteiger partial charge in [-0.25, -0.2) is 0 Å². The summed E-state index contributed by atoms with van der Waals surface area (Å²) in [6.07, 6.45) is 2.82. The number of thiophene rings is 1. The molecule has 3 aromatic rings. The highest BCUT2D eigenvalue weighted by Crippen LogP contribution is 2.38. The maximum atomic E-state index is 13.6. The number of carbonyl (C=O) groups is 2. The Hall–Kier alpha value is -2.92. The predicted octanol–water partition coefficient (Wildman–Crippen LogP) is 4.84. The molecule has 158 valence electrons. The van der Waals surface area contributed by atoms with Gasteiger partial charge in [-0.1, -0.05) is 48.0 Å². The van der Waals surface area contributed by atoms with Crippen LogP contribution in [0.15, 0.2) is 66.0 Å². The van der Waals surface area contributed by atoms with Gasteiger partial charge in [0.1, 0.15) is 6.54 Å². The molecule has 2 heterocycles. The molecular weight excluding hydrogens is 404 g/mol. The Morgan fingerprint density at radius 2 is 1.77 bits per heavy atom. The van der Waals surface area contributed by atoms with E-state index >= 15 is 0 Å². The first kappa shape index (κ1) is 20.0. The summed E-state index contributed by atoms with van der Waals surface area (Å²) in [5, 5.41) is 2.12. The maximum absolute atomic E-state index is 13.6. The molecular formula is C26H26N2O2S. The smallest absolute Gasteiger partial charge is 0.254 e. The van der Waals surface area contributed by atoms with E-state index in [0.717, 1.165) is 30.4 Å². The van der Waals surface area contributed by atoms with Crippen molar-refractivity contribution in [3.63, 3.8) is 0 Å². The Labute approximate surface area is 187 Å². The Morgan fingerprint density at radius 3 is 2.48 bits per heavy atom. The summed E-state index contributed by atoms with van der Waals surface area (Å²) in [6.45, 7) is 2.83. The number of aryl methyl sites for hydroxylation is 1. The minimum atomic E-state index is -0.0840. The van der Waals surface area contributed by atoms with Crippen molar-refractivity contribution in [1.29, 1.82) is 0 Å². The largest absolute Gasteiger partial charge is 0.330 e. The first-order valence-electron chi connectivity index (χ1n) is 10.9. The normalized spacial score (nSPS) is 17.8. The lowest BCUT2D eigenvalue weighted by Gasteiger charge is -2.37. The third-order valence-corrected chi connectivity index (χ3v) is 7.25. The molecule has 1 unspecified atom stereocenters. The lowest BCUT2D eigenvalue weighted by atomic mass is 9.93. The monoisotopic (exact) mass is 430 g/mol. The average molecular weight is 431 g/mol. The number of nitrogens with zero attached hydrogens (tertiary/aromatic N) is 2. The fourth-order valence-corrected chi connectivity index (χ4v) is 5.34. The van der Waals surface area contributed by atoms with Gasteiger partial charge in [-0.2, -0.15) is 0 Å². The minimum Gasteiger partial charge on any atom is -0.330 e. The summed E-state index contributed by atoms with van der Waals surface area (Å²) < 4.78 is 0. The van der Waals surface area contributed by atoms with Gasteiger partial charge >= 0.3 is 0 Å². The van der Waals surface area contributed by atoms with Gasteiger partial charge in [0.05, 0.1) is 6.04 Å². The van der Waals surface area contributed by atoms with Crippen LogP contribution >= 0.6 is 11.3 Å². The molecule has 0 spiro atoms. The molecule has 0 bridgehead atoms. The first-order chi connectivity index (χ1) is 15.1. The van der Waals surface area contributed by atoms with E-state index in [4.69, 9.17) is 0 Å². The lowest BCUT2D eigenvalue weighted by molar-refractivity contribution is -0.134. The quantitative estimate of drug-likeness (QED) is 0.581. The molecule has 0 saturated heterocycles. The van der Waals surface area contributed by atoms with E-state index in [1.165, 1.54) is 10.4 Å². The average Bonchev–Trinajstić information content (AvgIpc) is 3.53. The standard InChI is InChI=1S/C26H26N2O2S/c1-18-7-9-20(10-8-18)26(30)28(21-11-12-21)17-24(29)27-15-13-23-22(14-16-31-23)25(27)19-5-3-2-4-6-19/h2-10,14,16,21,25H,11-13,15,17H2,1H3. The Morgan fingerprint density at radius 1 is 1.03 bits per heavy atom. The van der Waals surface area contributed by atoms with Gasteiger partial charge in [-0.15, -0.1) is 11.3 Å². The highest BCUT2D eigenvalue weighted by Gasteiger charge is 2.38. The van der Waals surface area contributed by atoms with Crippen LogP contribution in [0.5, 0.6) is 0 Å². The minimum absolute atomic E-state index is 0.0260. The Kier molecular flexibility index (Phi) is 5.36. The summed E-state index contributed by atoms with van der Waals surface area (Å²) in [6, 6.07) is 20.1. The van der Waals surface area contributed by atoms with Crippen LogP contribution in [0.3, 0.4) is 0 Å². The first-order valence-corrected chi connectivity index (χ1v) is 11.8. The predicted molar refractivity (Wildman–Crippen MR) is 123 cm³/mol. The second-order valence-corrected chi connectivity index (χ2v) is 9.48.